The molecule has 0 spiro atoms. The van der Waals surface area contributed by atoms with Gasteiger partial charge in [-0.15, -0.1) is 11.3 Å². The van der Waals surface area contributed by atoms with Gasteiger partial charge in [0.1, 0.15) is 5.75 Å². The number of thiazole rings is 1. The molecule has 120 valence electrons. The van der Waals surface area contributed by atoms with Gasteiger partial charge in [0.2, 0.25) is 0 Å². The van der Waals surface area contributed by atoms with Crippen molar-refractivity contribution < 1.29 is 19.1 Å². The summed E-state index contributed by atoms with van der Waals surface area (Å²) in [7, 11) is 0. The number of carbonyl (C=O) groups excluding carboxylic acids is 2. The van der Waals surface area contributed by atoms with Gasteiger partial charge in [-0.1, -0.05) is 18.2 Å². The molecular formula is C16H16N2O4S. The Hall–Kier alpha value is -2.41. The second kappa shape index (κ2) is 6.78. The van der Waals surface area contributed by atoms with Crippen LogP contribution in [0.5, 0.6) is 5.75 Å². The topological polar surface area (TPSA) is 77.5 Å². The second-order valence-corrected chi connectivity index (χ2v) is 5.89. The summed E-state index contributed by atoms with van der Waals surface area (Å²) in [6.45, 7) is 2.09. The van der Waals surface area contributed by atoms with Crippen molar-refractivity contribution >= 4 is 28.3 Å². The molecule has 0 radical (unpaired) electrons. The summed E-state index contributed by atoms with van der Waals surface area (Å²) < 4.78 is 10.5. The van der Waals surface area contributed by atoms with E-state index in [4.69, 9.17) is 9.47 Å². The smallest absolute Gasteiger partial charge is 0.311 e. The minimum Gasteiger partial charge on any atom is -0.480 e. The van der Waals surface area contributed by atoms with Crippen LogP contribution >= 0.6 is 11.3 Å². The molecular weight excluding hydrogens is 316 g/mol. The van der Waals surface area contributed by atoms with Crippen LogP contribution in [0.3, 0.4) is 0 Å². The third kappa shape index (κ3) is 3.68. The fourth-order valence-electron chi connectivity index (χ4n) is 2.32. The number of carbonyl (C=O) groups is 2. The number of rotatable bonds is 5. The predicted octanol–water partition coefficient (Wildman–Crippen LogP) is 2.19. The molecule has 1 aromatic carbocycles. The monoisotopic (exact) mass is 332 g/mol. The van der Waals surface area contributed by atoms with Crippen molar-refractivity contribution in [3.05, 3.63) is 40.9 Å². The van der Waals surface area contributed by atoms with Crippen LogP contribution in [0.1, 0.15) is 18.2 Å². The number of anilines is 1. The van der Waals surface area contributed by atoms with E-state index in [1.807, 2.05) is 24.3 Å². The summed E-state index contributed by atoms with van der Waals surface area (Å²) >= 11 is 1.27. The maximum absolute atomic E-state index is 12.3. The molecule has 0 fully saturated rings. The molecule has 0 aliphatic carbocycles. The number of amides is 1. The van der Waals surface area contributed by atoms with E-state index in [0.717, 1.165) is 11.3 Å². The number of benzene rings is 1. The fraction of sp³-hybridized carbons (Fsp3) is 0.312. The number of ether oxygens (including phenoxy) is 2. The Morgan fingerprint density at radius 3 is 3.04 bits per heavy atom. The molecule has 6 nitrogen and oxygen atoms in total. The highest BCUT2D eigenvalue weighted by Gasteiger charge is 2.29. The van der Waals surface area contributed by atoms with Crippen LogP contribution < -0.4 is 10.1 Å². The highest BCUT2D eigenvalue weighted by Crippen LogP contribution is 2.29. The van der Waals surface area contributed by atoms with E-state index >= 15 is 0 Å². The molecule has 1 N–H and O–H groups in total. The summed E-state index contributed by atoms with van der Waals surface area (Å²) in [4.78, 5) is 27.9. The lowest BCUT2D eigenvalue weighted by Crippen LogP contribution is -2.31. The molecule has 1 aliphatic heterocycles. The quantitative estimate of drug-likeness (QED) is 0.849. The lowest BCUT2D eigenvalue weighted by molar-refractivity contribution is -0.142. The van der Waals surface area contributed by atoms with E-state index in [0.29, 0.717) is 23.9 Å². The first-order valence-electron chi connectivity index (χ1n) is 7.31. The molecule has 0 saturated heterocycles. The lowest BCUT2D eigenvalue weighted by Gasteiger charge is -2.09. The van der Waals surface area contributed by atoms with Crippen LogP contribution in [-0.2, 0) is 27.2 Å². The van der Waals surface area contributed by atoms with Gasteiger partial charge in [0.15, 0.2) is 11.2 Å². The molecule has 3 rings (SSSR count). The summed E-state index contributed by atoms with van der Waals surface area (Å²) in [5.41, 5.74) is 1.61. The Morgan fingerprint density at radius 1 is 1.43 bits per heavy atom. The molecule has 1 amide bonds. The molecule has 1 aliphatic rings. The zero-order valence-corrected chi connectivity index (χ0v) is 13.4. The summed E-state index contributed by atoms with van der Waals surface area (Å²) in [5, 5.41) is 4.92. The maximum atomic E-state index is 12.3. The van der Waals surface area contributed by atoms with Gasteiger partial charge >= 0.3 is 5.97 Å². The predicted molar refractivity (Wildman–Crippen MR) is 85.6 cm³/mol. The largest absolute Gasteiger partial charge is 0.480 e. The van der Waals surface area contributed by atoms with Crippen LogP contribution in [0, 0.1) is 0 Å². The first-order valence-corrected chi connectivity index (χ1v) is 8.19. The second-order valence-electron chi connectivity index (χ2n) is 5.03. The van der Waals surface area contributed by atoms with E-state index in [2.05, 4.69) is 10.3 Å². The van der Waals surface area contributed by atoms with Gasteiger partial charge in [0.05, 0.1) is 18.7 Å². The van der Waals surface area contributed by atoms with Gasteiger partial charge in [-0.25, -0.2) is 4.98 Å². The molecule has 0 bridgehead atoms. The van der Waals surface area contributed by atoms with Crippen molar-refractivity contribution in [2.24, 2.45) is 0 Å². The number of nitrogens with one attached hydrogen (secondary N) is 1. The van der Waals surface area contributed by atoms with Gasteiger partial charge in [0.25, 0.3) is 5.91 Å². The first kappa shape index (κ1) is 15.5. The van der Waals surface area contributed by atoms with Gasteiger partial charge < -0.3 is 9.47 Å². The Bertz CT molecular complexity index is 703. The summed E-state index contributed by atoms with van der Waals surface area (Å²) in [6, 6.07) is 7.60. The van der Waals surface area contributed by atoms with Crippen molar-refractivity contribution in [2.45, 2.75) is 25.9 Å². The fourth-order valence-corrected chi connectivity index (χ4v) is 3.03. The SMILES string of the molecule is CCOC(=O)Cc1csc(NC(=O)C2Cc3ccccc3O2)n1. The third-order valence-electron chi connectivity index (χ3n) is 3.35. The van der Waals surface area contributed by atoms with E-state index in [9.17, 15) is 9.59 Å². The highest BCUT2D eigenvalue weighted by atomic mass is 32.1. The van der Waals surface area contributed by atoms with E-state index in [1.165, 1.54) is 11.3 Å². The summed E-state index contributed by atoms with van der Waals surface area (Å²) in [5.74, 6) is 0.179. The minimum absolute atomic E-state index is 0.103. The zero-order chi connectivity index (χ0) is 16.2. The Morgan fingerprint density at radius 2 is 2.26 bits per heavy atom. The number of aromatic nitrogens is 1. The average molecular weight is 332 g/mol. The van der Waals surface area contributed by atoms with Crippen molar-refractivity contribution in [3.8, 4) is 5.75 Å². The van der Waals surface area contributed by atoms with Gasteiger partial charge in [-0.3, -0.25) is 14.9 Å². The Labute approximate surface area is 137 Å². The summed E-state index contributed by atoms with van der Waals surface area (Å²) in [6.07, 6.45) is 0.0964. The van der Waals surface area contributed by atoms with E-state index in [-0.39, 0.29) is 18.3 Å². The van der Waals surface area contributed by atoms with Crippen LogP contribution in [0.25, 0.3) is 0 Å². The average Bonchev–Trinajstić information content (AvgIpc) is 3.14. The van der Waals surface area contributed by atoms with E-state index in [1.54, 1.807) is 12.3 Å². The van der Waals surface area contributed by atoms with Crippen LogP contribution in [-0.4, -0.2) is 29.6 Å². The molecule has 1 aromatic heterocycles. The van der Waals surface area contributed by atoms with Crippen LogP contribution in [0.4, 0.5) is 5.13 Å². The van der Waals surface area contributed by atoms with Crippen molar-refractivity contribution in [2.75, 3.05) is 11.9 Å². The Kier molecular flexibility index (Phi) is 4.57. The first-order chi connectivity index (χ1) is 11.2. The van der Waals surface area contributed by atoms with Crippen molar-refractivity contribution in [1.82, 2.24) is 4.98 Å². The normalized spacial score (nSPS) is 15.6. The molecule has 2 heterocycles. The molecule has 2 aromatic rings. The molecule has 0 saturated carbocycles. The number of esters is 1. The molecule has 1 unspecified atom stereocenters. The van der Waals surface area contributed by atoms with Crippen molar-refractivity contribution in [1.29, 1.82) is 0 Å². The molecule has 7 heteroatoms. The number of nitrogens with zero attached hydrogens (tertiary/aromatic N) is 1. The standard InChI is InChI=1S/C16H16N2O4S/c1-2-21-14(19)8-11-9-23-16(17-11)18-15(20)13-7-10-5-3-4-6-12(10)22-13/h3-6,9,13H,2,7-8H2,1H3,(H,17,18,20). The van der Waals surface area contributed by atoms with Crippen LogP contribution in [0.15, 0.2) is 29.6 Å². The lowest BCUT2D eigenvalue weighted by atomic mass is 10.1. The number of hydrogen-bond acceptors (Lipinski definition) is 6. The minimum atomic E-state index is -0.551. The molecule has 1 atom stereocenters. The zero-order valence-electron chi connectivity index (χ0n) is 12.6. The van der Waals surface area contributed by atoms with Gasteiger partial charge in [0, 0.05) is 11.8 Å². The molecule has 23 heavy (non-hydrogen) atoms. The van der Waals surface area contributed by atoms with Gasteiger partial charge in [-0.2, -0.15) is 0 Å². The maximum Gasteiger partial charge on any atom is 0.311 e. The van der Waals surface area contributed by atoms with Gasteiger partial charge in [-0.05, 0) is 18.6 Å². The number of fused-ring (bicyclic) bond motifs is 1. The third-order valence-corrected chi connectivity index (χ3v) is 4.16. The van der Waals surface area contributed by atoms with Crippen LogP contribution in [0.2, 0.25) is 0 Å². The van der Waals surface area contributed by atoms with Crippen molar-refractivity contribution in [3.63, 3.8) is 0 Å². The van der Waals surface area contributed by atoms with E-state index < -0.39 is 6.10 Å². The number of para-hydroxylation sites is 1. The number of hydrogen-bond donors (Lipinski definition) is 1. The highest BCUT2D eigenvalue weighted by molar-refractivity contribution is 7.13. The Balaban J connectivity index is 1.57.